The van der Waals surface area contributed by atoms with E-state index in [1.165, 1.54) is 6.08 Å². The average molecular weight is 364 g/mol. The Morgan fingerprint density at radius 1 is 1.53 bits per heavy atom. The van der Waals surface area contributed by atoms with Crippen LogP contribution in [0.2, 0.25) is 0 Å². The summed E-state index contributed by atoms with van der Waals surface area (Å²) in [6.45, 7) is 3.53. The Bertz CT molecular complexity index is 420. The fraction of sp³-hybridized carbons (Fsp3) is 0.250. The van der Waals surface area contributed by atoms with E-state index in [-0.39, 0.29) is 0 Å². The minimum Gasteiger partial charge on any atom is -0.494 e. The van der Waals surface area contributed by atoms with Gasteiger partial charge in [0.05, 0.1) is 22.0 Å². The van der Waals surface area contributed by atoms with E-state index in [1.54, 1.807) is 7.11 Å². The molecular weight excluding hydrogens is 352 g/mol. The highest BCUT2D eigenvalue weighted by Gasteiger charge is 2.16. The maximum absolute atomic E-state index is 10.9. The van der Waals surface area contributed by atoms with Crippen molar-refractivity contribution in [2.24, 2.45) is 5.92 Å². The number of benzene rings is 1. The Hall–Kier alpha value is -0.810. The predicted octanol–water partition coefficient (Wildman–Crippen LogP) is 3.65. The lowest BCUT2D eigenvalue weighted by Gasteiger charge is -2.11. The molecule has 1 N–H and O–H groups in total. The minimum atomic E-state index is -0.872. The molecule has 1 rings (SSSR count). The van der Waals surface area contributed by atoms with Crippen LogP contribution in [0, 0.1) is 5.92 Å². The molecule has 1 unspecified atom stereocenters. The lowest BCUT2D eigenvalue weighted by Crippen LogP contribution is -2.13. The normalized spacial score (nSPS) is 11.9. The van der Waals surface area contributed by atoms with Gasteiger partial charge in [-0.25, -0.2) is 0 Å². The molecule has 0 aromatic heterocycles. The second-order valence-electron chi connectivity index (χ2n) is 3.48. The summed E-state index contributed by atoms with van der Waals surface area (Å²) in [6.07, 6.45) is 1.84. The summed E-state index contributed by atoms with van der Waals surface area (Å²) in [5.41, 5.74) is 0.900. The van der Waals surface area contributed by atoms with Crippen LogP contribution in [0.4, 0.5) is 0 Å². The fourth-order valence-electron chi connectivity index (χ4n) is 1.45. The van der Waals surface area contributed by atoms with Gasteiger partial charge in [-0.05, 0) is 56.0 Å². The van der Waals surface area contributed by atoms with E-state index >= 15 is 0 Å². The van der Waals surface area contributed by atoms with Crippen molar-refractivity contribution in [3.63, 3.8) is 0 Å². The van der Waals surface area contributed by atoms with Crippen LogP contribution in [0.25, 0.3) is 0 Å². The predicted molar refractivity (Wildman–Crippen MR) is 73.4 cm³/mol. The number of carboxylic acids is 1. The van der Waals surface area contributed by atoms with Crippen LogP contribution in [0.1, 0.15) is 5.56 Å². The summed E-state index contributed by atoms with van der Waals surface area (Å²) in [5, 5.41) is 8.95. The maximum atomic E-state index is 10.9. The zero-order valence-corrected chi connectivity index (χ0v) is 12.4. The summed E-state index contributed by atoms with van der Waals surface area (Å²) in [4.78, 5) is 10.9. The van der Waals surface area contributed by atoms with Crippen LogP contribution >= 0.6 is 31.9 Å². The number of hydrogen-bond donors (Lipinski definition) is 1. The first kappa shape index (κ1) is 14.3. The first-order chi connectivity index (χ1) is 7.99. The summed E-state index contributed by atoms with van der Waals surface area (Å²) < 4.78 is 6.76. The lowest BCUT2D eigenvalue weighted by atomic mass is 10.00. The molecule has 3 nitrogen and oxygen atoms in total. The van der Waals surface area contributed by atoms with Crippen molar-refractivity contribution in [1.82, 2.24) is 0 Å². The van der Waals surface area contributed by atoms with E-state index in [1.807, 2.05) is 12.1 Å². The highest BCUT2D eigenvalue weighted by Crippen LogP contribution is 2.35. The van der Waals surface area contributed by atoms with Crippen LogP contribution in [0.5, 0.6) is 5.75 Å². The van der Waals surface area contributed by atoms with Gasteiger partial charge in [0.15, 0.2) is 0 Å². The number of ether oxygens (including phenoxy) is 1. The zero-order chi connectivity index (χ0) is 13.0. The lowest BCUT2D eigenvalue weighted by molar-refractivity contribution is -0.140. The van der Waals surface area contributed by atoms with E-state index in [2.05, 4.69) is 38.4 Å². The molecule has 5 heteroatoms. The molecule has 92 valence electrons. The van der Waals surface area contributed by atoms with Crippen molar-refractivity contribution in [1.29, 1.82) is 0 Å². The van der Waals surface area contributed by atoms with Crippen molar-refractivity contribution >= 4 is 37.8 Å². The summed E-state index contributed by atoms with van der Waals surface area (Å²) in [5.74, 6) is -0.760. The topological polar surface area (TPSA) is 46.5 Å². The molecule has 0 radical (unpaired) electrons. The molecule has 0 spiro atoms. The Balaban J connectivity index is 3.01. The van der Waals surface area contributed by atoms with Crippen molar-refractivity contribution in [2.75, 3.05) is 7.11 Å². The smallest absolute Gasteiger partial charge is 0.310 e. The van der Waals surface area contributed by atoms with Crippen LogP contribution in [0.15, 0.2) is 33.7 Å². The van der Waals surface area contributed by atoms with Gasteiger partial charge in [-0.1, -0.05) is 6.08 Å². The minimum absolute atomic E-state index is 0.403. The third-order valence-electron chi connectivity index (χ3n) is 2.32. The number of halogens is 2. The molecule has 0 fully saturated rings. The van der Waals surface area contributed by atoms with Gasteiger partial charge in [-0.15, -0.1) is 6.58 Å². The van der Waals surface area contributed by atoms with E-state index in [0.717, 1.165) is 14.5 Å². The maximum Gasteiger partial charge on any atom is 0.310 e. The molecule has 0 heterocycles. The van der Waals surface area contributed by atoms with E-state index in [4.69, 9.17) is 9.84 Å². The molecule has 0 aliphatic carbocycles. The van der Waals surface area contributed by atoms with Gasteiger partial charge in [0.1, 0.15) is 5.75 Å². The van der Waals surface area contributed by atoms with Gasteiger partial charge in [0.2, 0.25) is 0 Å². The zero-order valence-electron chi connectivity index (χ0n) is 9.24. The molecule has 0 saturated heterocycles. The molecule has 0 amide bonds. The highest BCUT2D eigenvalue weighted by atomic mass is 79.9. The van der Waals surface area contributed by atoms with Gasteiger partial charge in [-0.3, -0.25) is 4.79 Å². The first-order valence-corrected chi connectivity index (χ1v) is 6.45. The Morgan fingerprint density at radius 2 is 2.06 bits per heavy atom. The Morgan fingerprint density at radius 3 is 2.41 bits per heavy atom. The van der Waals surface area contributed by atoms with Crippen LogP contribution in [-0.4, -0.2) is 18.2 Å². The van der Waals surface area contributed by atoms with Crippen molar-refractivity contribution in [2.45, 2.75) is 6.42 Å². The fourth-order valence-corrected chi connectivity index (χ4v) is 3.06. The van der Waals surface area contributed by atoms with E-state index < -0.39 is 11.9 Å². The van der Waals surface area contributed by atoms with Crippen LogP contribution in [-0.2, 0) is 11.2 Å². The molecule has 1 aromatic carbocycles. The van der Waals surface area contributed by atoms with Gasteiger partial charge in [0, 0.05) is 0 Å². The molecule has 0 aliphatic heterocycles. The van der Waals surface area contributed by atoms with Gasteiger partial charge < -0.3 is 9.84 Å². The largest absolute Gasteiger partial charge is 0.494 e. The van der Waals surface area contributed by atoms with Gasteiger partial charge in [0.25, 0.3) is 0 Å². The van der Waals surface area contributed by atoms with Crippen LogP contribution < -0.4 is 4.74 Å². The van der Waals surface area contributed by atoms with E-state index in [9.17, 15) is 4.79 Å². The Labute approximate surface area is 117 Å². The molecule has 1 atom stereocenters. The number of carbonyl (C=O) groups is 1. The van der Waals surface area contributed by atoms with E-state index in [0.29, 0.717) is 12.2 Å². The van der Waals surface area contributed by atoms with Gasteiger partial charge >= 0.3 is 5.97 Å². The number of carboxylic acid groups (broad SMARTS) is 1. The Kier molecular flexibility index (Phi) is 5.21. The number of aliphatic carboxylic acids is 1. The second-order valence-corrected chi connectivity index (χ2v) is 5.19. The first-order valence-electron chi connectivity index (χ1n) is 4.86. The third-order valence-corrected chi connectivity index (χ3v) is 3.50. The standard InChI is InChI=1S/C12H12Br2O3/c1-3-8(12(15)16)4-7-5-9(13)11(17-2)10(14)6-7/h3,5-6,8H,1,4H2,2H3,(H,15,16). The van der Waals surface area contributed by atoms with Crippen LogP contribution in [0.3, 0.4) is 0 Å². The summed E-state index contributed by atoms with van der Waals surface area (Å²) in [6, 6.07) is 3.70. The molecule has 0 bridgehead atoms. The monoisotopic (exact) mass is 362 g/mol. The average Bonchev–Trinajstić information content (AvgIpc) is 2.25. The highest BCUT2D eigenvalue weighted by molar-refractivity contribution is 9.11. The summed E-state index contributed by atoms with van der Waals surface area (Å²) >= 11 is 6.76. The molecule has 0 aliphatic rings. The number of methoxy groups -OCH3 is 1. The molecule has 1 aromatic rings. The summed E-state index contributed by atoms with van der Waals surface area (Å²) in [7, 11) is 1.58. The third kappa shape index (κ3) is 3.57. The van der Waals surface area contributed by atoms with Crippen molar-refractivity contribution in [3.8, 4) is 5.75 Å². The number of rotatable bonds is 5. The van der Waals surface area contributed by atoms with Gasteiger partial charge in [-0.2, -0.15) is 0 Å². The van der Waals surface area contributed by atoms with Crippen molar-refractivity contribution in [3.05, 3.63) is 39.3 Å². The molecule has 17 heavy (non-hydrogen) atoms. The SMILES string of the molecule is C=CC(Cc1cc(Br)c(OC)c(Br)c1)C(=O)O. The number of hydrogen-bond acceptors (Lipinski definition) is 2. The second kappa shape index (κ2) is 6.21. The van der Waals surface area contributed by atoms with Crippen molar-refractivity contribution < 1.29 is 14.6 Å². The molecule has 0 saturated carbocycles. The quantitative estimate of drug-likeness (QED) is 0.812. The molecular formula is C12H12Br2O3.